The van der Waals surface area contributed by atoms with E-state index in [9.17, 15) is 0 Å². The van der Waals surface area contributed by atoms with Gasteiger partial charge >= 0.3 is 0 Å². The Kier molecular flexibility index (Phi) is 3.42. The van der Waals surface area contributed by atoms with Crippen LogP contribution in [0.5, 0.6) is 5.75 Å². The van der Waals surface area contributed by atoms with Crippen molar-refractivity contribution in [3.05, 3.63) is 52.6 Å². The highest BCUT2D eigenvalue weighted by Crippen LogP contribution is 2.19. The fourth-order valence-electron chi connectivity index (χ4n) is 1.96. The number of nitrogens with zero attached hydrogens (tertiary/aromatic N) is 2. The summed E-state index contributed by atoms with van der Waals surface area (Å²) in [5.41, 5.74) is 3.97. The zero-order chi connectivity index (χ0) is 13.1. The quantitative estimate of drug-likeness (QED) is 0.726. The Bertz CT molecular complexity index is 693. The van der Waals surface area contributed by atoms with Gasteiger partial charge in [0.1, 0.15) is 5.75 Å². The minimum absolute atomic E-state index is 0.656. The van der Waals surface area contributed by atoms with Gasteiger partial charge in [-0.15, -0.1) is 11.3 Å². The third-order valence-corrected chi connectivity index (χ3v) is 4.00. The molecular formula is C15H14N2OS. The maximum Gasteiger partial charge on any atom is 0.138 e. The Hall–Kier alpha value is -1.94. The largest absolute Gasteiger partial charge is 0.492 e. The van der Waals surface area contributed by atoms with Crippen molar-refractivity contribution < 1.29 is 4.74 Å². The lowest BCUT2D eigenvalue weighted by molar-refractivity contribution is 0.322. The Morgan fingerprint density at radius 2 is 2.11 bits per heavy atom. The molecule has 3 rings (SSSR count). The molecule has 0 saturated carbocycles. The molecule has 3 nitrogen and oxygen atoms in total. The Morgan fingerprint density at radius 1 is 1.21 bits per heavy atom. The highest BCUT2D eigenvalue weighted by atomic mass is 32.1. The number of hydrogen-bond acceptors (Lipinski definition) is 4. The third kappa shape index (κ3) is 2.74. The molecule has 0 bridgehead atoms. The van der Waals surface area contributed by atoms with Crippen LogP contribution in [-0.2, 0) is 6.42 Å². The van der Waals surface area contributed by atoms with Gasteiger partial charge in [0.05, 0.1) is 29.5 Å². The van der Waals surface area contributed by atoms with E-state index in [4.69, 9.17) is 4.74 Å². The fourth-order valence-corrected chi connectivity index (χ4v) is 2.72. The fraction of sp³-hybridized carbons (Fsp3) is 0.200. The number of benzene rings is 1. The number of hydrogen-bond donors (Lipinski definition) is 0. The number of ether oxygens (including phenoxy) is 1. The third-order valence-electron chi connectivity index (χ3n) is 3.01. The highest BCUT2D eigenvalue weighted by Gasteiger charge is 2.02. The van der Waals surface area contributed by atoms with Crippen LogP contribution < -0.4 is 4.74 Å². The first-order chi connectivity index (χ1) is 9.33. The summed E-state index contributed by atoms with van der Waals surface area (Å²) in [4.78, 5) is 9.90. The molecule has 0 spiro atoms. The van der Waals surface area contributed by atoms with Gasteiger partial charge in [0.2, 0.25) is 0 Å². The average molecular weight is 270 g/mol. The molecule has 4 heteroatoms. The van der Waals surface area contributed by atoms with Crippen molar-refractivity contribution in [2.75, 3.05) is 6.61 Å². The predicted molar refractivity (Wildman–Crippen MR) is 77.8 cm³/mol. The molecule has 1 aromatic carbocycles. The zero-order valence-electron chi connectivity index (χ0n) is 10.7. The topological polar surface area (TPSA) is 35.0 Å². The van der Waals surface area contributed by atoms with Crippen LogP contribution in [0.2, 0.25) is 0 Å². The predicted octanol–water partition coefficient (Wildman–Crippen LogP) is 3.62. The van der Waals surface area contributed by atoms with Gasteiger partial charge < -0.3 is 4.74 Å². The van der Waals surface area contributed by atoms with Crippen LogP contribution >= 0.6 is 11.3 Å². The first kappa shape index (κ1) is 12.1. The van der Waals surface area contributed by atoms with Gasteiger partial charge in [-0.1, -0.05) is 18.2 Å². The van der Waals surface area contributed by atoms with Crippen LogP contribution in [0, 0.1) is 6.92 Å². The van der Waals surface area contributed by atoms with E-state index in [-0.39, 0.29) is 0 Å². The first-order valence-corrected chi connectivity index (χ1v) is 7.07. The normalized spacial score (nSPS) is 10.8. The summed E-state index contributed by atoms with van der Waals surface area (Å²) in [6.07, 6.45) is 2.67. The minimum Gasteiger partial charge on any atom is -0.492 e. The lowest BCUT2D eigenvalue weighted by Crippen LogP contribution is -2.01. The Morgan fingerprint density at radius 3 is 2.95 bits per heavy atom. The number of para-hydroxylation sites is 1. The zero-order valence-corrected chi connectivity index (χ0v) is 11.5. The molecule has 0 amide bonds. The number of aromatic nitrogens is 2. The van der Waals surface area contributed by atoms with Gasteiger partial charge in [-0.3, -0.25) is 4.98 Å². The molecule has 19 heavy (non-hydrogen) atoms. The molecule has 0 aliphatic heterocycles. The molecule has 0 fully saturated rings. The van der Waals surface area contributed by atoms with Crippen molar-refractivity contribution in [2.45, 2.75) is 13.3 Å². The van der Waals surface area contributed by atoms with E-state index >= 15 is 0 Å². The van der Waals surface area contributed by atoms with Crippen LogP contribution in [0.25, 0.3) is 10.9 Å². The second-order valence-electron chi connectivity index (χ2n) is 4.32. The van der Waals surface area contributed by atoms with E-state index in [1.54, 1.807) is 17.5 Å². The molecule has 0 radical (unpaired) electrons. The van der Waals surface area contributed by atoms with E-state index in [1.807, 2.05) is 42.8 Å². The molecule has 0 N–H and O–H groups in total. The number of rotatable bonds is 4. The van der Waals surface area contributed by atoms with Gasteiger partial charge in [0.25, 0.3) is 0 Å². The van der Waals surface area contributed by atoms with Crippen molar-refractivity contribution in [2.24, 2.45) is 0 Å². The van der Waals surface area contributed by atoms with Gasteiger partial charge in [0, 0.05) is 16.7 Å². The Balaban J connectivity index is 1.67. The van der Waals surface area contributed by atoms with Crippen molar-refractivity contribution in [3.8, 4) is 5.75 Å². The number of pyridine rings is 1. The molecule has 0 aliphatic rings. The first-order valence-electron chi connectivity index (χ1n) is 6.19. The minimum atomic E-state index is 0.656. The molecule has 2 aromatic heterocycles. The molecular weight excluding hydrogens is 256 g/mol. The average Bonchev–Trinajstić information content (AvgIpc) is 2.84. The van der Waals surface area contributed by atoms with E-state index in [0.717, 1.165) is 28.8 Å². The summed E-state index contributed by atoms with van der Waals surface area (Å²) in [5.74, 6) is 0.820. The number of fused-ring (bicyclic) bond motifs is 1. The summed E-state index contributed by atoms with van der Waals surface area (Å²) < 4.78 is 5.76. The number of aryl methyl sites for hydroxylation is 1. The molecule has 96 valence electrons. The molecule has 3 aromatic rings. The summed E-state index contributed by atoms with van der Waals surface area (Å²) in [6, 6.07) is 10.1. The molecule has 0 aliphatic carbocycles. The smallest absolute Gasteiger partial charge is 0.138 e. The maximum absolute atomic E-state index is 5.76. The van der Waals surface area contributed by atoms with E-state index in [2.05, 4.69) is 9.97 Å². The highest BCUT2D eigenvalue weighted by molar-refractivity contribution is 7.09. The van der Waals surface area contributed by atoms with E-state index < -0.39 is 0 Å². The van der Waals surface area contributed by atoms with Gasteiger partial charge in [-0.2, -0.15) is 0 Å². The second-order valence-corrected chi connectivity index (χ2v) is 5.26. The van der Waals surface area contributed by atoms with E-state index in [0.29, 0.717) is 6.61 Å². The lowest BCUT2D eigenvalue weighted by Gasteiger charge is -2.06. The van der Waals surface area contributed by atoms with Gasteiger partial charge in [-0.05, 0) is 19.1 Å². The van der Waals surface area contributed by atoms with Crippen LogP contribution in [0.1, 0.15) is 10.6 Å². The van der Waals surface area contributed by atoms with Crippen LogP contribution in [-0.4, -0.2) is 16.6 Å². The molecule has 0 atom stereocenters. The van der Waals surface area contributed by atoms with Crippen molar-refractivity contribution in [3.63, 3.8) is 0 Å². The molecule has 0 saturated heterocycles. The number of thiazole rings is 1. The van der Waals surface area contributed by atoms with Crippen molar-refractivity contribution in [1.29, 1.82) is 0 Å². The maximum atomic E-state index is 5.76. The Labute approximate surface area is 115 Å². The summed E-state index contributed by atoms with van der Waals surface area (Å²) in [7, 11) is 0. The van der Waals surface area contributed by atoms with E-state index in [1.165, 1.54) is 4.88 Å². The monoisotopic (exact) mass is 270 g/mol. The van der Waals surface area contributed by atoms with Crippen LogP contribution in [0.15, 0.2) is 42.0 Å². The van der Waals surface area contributed by atoms with Crippen molar-refractivity contribution in [1.82, 2.24) is 9.97 Å². The molecule has 2 heterocycles. The summed E-state index contributed by atoms with van der Waals surface area (Å²) in [6.45, 7) is 2.69. The SMILES string of the molecule is Cc1ncsc1CCOc1cnc2ccccc2c1. The van der Waals surface area contributed by atoms with Gasteiger partial charge in [0.15, 0.2) is 0 Å². The summed E-state index contributed by atoms with van der Waals surface area (Å²) in [5, 5.41) is 1.11. The van der Waals surface area contributed by atoms with Crippen LogP contribution in [0.3, 0.4) is 0 Å². The van der Waals surface area contributed by atoms with Crippen LogP contribution in [0.4, 0.5) is 0 Å². The lowest BCUT2D eigenvalue weighted by atomic mass is 10.2. The van der Waals surface area contributed by atoms with Gasteiger partial charge in [-0.25, -0.2) is 4.98 Å². The molecule has 0 unspecified atom stereocenters. The second kappa shape index (κ2) is 5.36. The summed E-state index contributed by atoms with van der Waals surface area (Å²) >= 11 is 1.68. The van der Waals surface area contributed by atoms with Crippen molar-refractivity contribution >= 4 is 22.2 Å². The standard InChI is InChI=1S/C15H14N2OS/c1-11-15(19-10-17-11)6-7-18-13-8-12-4-2-3-5-14(12)16-9-13/h2-5,8-10H,6-7H2,1H3.